The molecule has 0 aromatic heterocycles. The Balaban J connectivity index is 2.51. The highest BCUT2D eigenvalue weighted by Gasteiger charge is 2.25. The summed E-state index contributed by atoms with van der Waals surface area (Å²) in [5, 5.41) is 2.34. The van der Waals surface area contributed by atoms with E-state index >= 15 is 0 Å². The predicted molar refractivity (Wildman–Crippen MR) is 33.4 cm³/mol. The minimum absolute atomic E-state index is 0.0538. The summed E-state index contributed by atoms with van der Waals surface area (Å²) in [5.41, 5.74) is 0. The van der Waals surface area contributed by atoms with Gasteiger partial charge in [-0.25, -0.2) is 0 Å². The second-order valence-electron chi connectivity index (χ2n) is 1.46. The molecule has 1 amide bonds. The minimum Gasteiger partial charge on any atom is -0.329 e. The van der Waals surface area contributed by atoms with Crippen LogP contribution in [0.5, 0.6) is 0 Å². The fourth-order valence-electron chi connectivity index (χ4n) is 0.466. The lowest BCUT2D eigenvalue weighted by Gasteiger charge is -2.04. The van der Waals surface area contributed by atoms with E-state index in [2.05, 4.69) is 21.2 Å². The lowest BCUT2D eigenvalue weighted by molar-refractivity contribution is -0.118. The molecule has 3 nitrogen and oxygen atoms in total. The standard InChI is InChI=1S/C3H4BrClN2O/c4-3-6-2(8)1-7(3)5/h3H,1H2,(H,6,8). The van der Waals surface area contributed by atoms with E-state index in [0.717, 1.165) is 0 Å². The van der Waals surface area contributed by atoms with Crippen LogP contribution in [0, 0.1) is 0 Å². The maximum Gasteiger partial charge on any atom is 0.237 e. The second-order valence-corrected chi connectivity index (χ2v) is 2.76. The minimum atomic E-state index is -0.198. The van der Waals surface area contributed by atoms with Crippen molar-refractivity contribution in [2.24, 2.45) is 0 Å². The Kier molecular flexibility index (Phi) is 1.74. The van der Waals surface area contributed by atoms with Crippen LogP contribution >= 0.6 is 27.7 Å². The van der Waals surface area contributed by atoms with Gasteiger partial charge >= 0.3 is 0 Å². The fraction of sp³-hybridized carbons (Fsp3) is 0.667. The number of carbonyl (C=O) groups excluding carboxylic acids is 1. The first-order valence-electron chi connectivity index (χ1n) is 2.06. The zero-order valence-electron chi connectivity index (χ0n) is 3.90. The van der Waals surface area contributed by atoms with Crippen LogP contribution in [-0.4, -0.2) is 21.9 Å². The number of halogens is 2. The van der Waals surface area contributed by atoms with Gasteiger partial charge in [-0.2, -0.15) is 4.42 Å². The van der Waals surface area contributed by atoms with E-state index in [0.29, 0.717) is 0 Å². The van der Waals surface area contributed by atoms with Crippen molar-refractivity contribution in [3.8, 4) is 0 Å². The van der Waals surface area contributed by atoms with Crippen LogP contribution in [0.2, 0.25) is 0 Å². The Morgan fingerprint density at radius 3 is 2.75 bits per heavy atom. The van der Waals surface area contributed by atoms with Gasteiger partial charge in [-0.15, -0.1) is 0 Å². The number of alkyl halides is 1. The number of nitrogens with zero attached hydrogens (tertiary/aromatic N) is 1. The summed E-state index contributed by atoms with van der Waals surface area (Å²) in [5.74, 6) is -0.0538. The summed E-state index contributed by atoms with van der Waals surface area (Å²) in [7, 11) is 0. The predicted octanol–water partition coefficient (Wildman–Crippen LogP) is 0.251. The molecule has 1 fully saturated rings. The van der Waals surface area contributed by atoms with Crippen molar-refractivity contribution in [2.75, 3.05) is 6.54 Å². The highest BCUT2D eigenvalue weighted by Crippen LogP contribution is 2.11. The molecule has 1 heterocycles. The van der Waals surface area contributed by atoms with Crippen LogP contribution in [0.4, 0.5) is 0 Å². The second kappa shape index (κ2) is 2.21. The maximum atomic E-state index is 10.4. The van der Waals surface area contributed by atoms with Gasteiger partial charge in [0.2, 0.25) is 5.91 Å². The van der Waals surface area contributed by atoms with E-state index < -0.39 is 0 Å². The molecule has 46 valence electrons. The lowest BCUT2D eigenvalue weighted by Crippen LogP contribution is -2.23. The number of hydrogen-bond acceptors (Lipinski definition) is 2. The maximum absolute atomic E-state index is 10.4. The first-order chi connectivity index (χ1) is 3.70. The van der Waals surface area contributed by atoms with E-state index in [1.165, 1.54) is 4.42 Å². The molecule has 1 saturated heterocycles. The fourth-order valence-corrected chi connectivity index (χ4v) is 1.02. The van der Waals surface area contributed by atoms with E-state index in [4.69, 9.17) is 11.8 Å². The van der Waals surface area contributed by atoms with Gasteiger partial charge in [0, 0.05) is 0 Å². The molecule has 0 spiro atoms. The molecule has 1 aliphatic rings. The number of rotatable bonds is 0. The van der Waals surface area contributed by atoms with Gasteiger partial charge in [-0.3, -0.25) is 4.79 Å². The lowest BCUT2D eigenvalue weighted by atomic mass is 10.7. The van der Waals surface area contributed by atoms with Gasteiger partial charge < -0.3 is 5.32 Å². The normalized spacial score (nSPS) is 30.8. The molecule has 0 aromatic rings. The van der Waals surface area contributed by atoms with E-state index in [1.54, 1.807) is 0 Å². The molecular weight excluding hydrogens is 195 g/mol. The van der Waals surface area contributed by atoms with Gasteiger partial charge in [0.25, 0.3) is 0 Å². The summed E-state index contributed by atoms with van der Waals surface area (Å²) in [6, 6.07) is 0. The number of hydrogen-bond donors (Lipinski definition) is 1. The Hall–Kier alpha value is 0.200. The van der Waals surface area contributed by atoms with E-state index in [-0.39, 0.29) is 17.5 Å². The van der Waals surface area contributed by atoms with Crippen LogP contribution in [-0.2, 0) is 4.79 Å². The van der Waals surface area contributed by atoms with Crippen molar-refractivity contribution >= 4 is 33.6 Å². The van der Waals surface area contributed by atoms with Gasteiger partial charge in [-0.1, -0.05) is 0 Å². The highest BCUT2D eigenvalue weighted by atomic mass is 79.9. The molecule has 1 unspecified atom stereocenters. The molecule has 0 bridgehead atoms. The summed E-state index contributed by atoms with van der Waals surface area (Å²) in [4.78, 5) is 10.4. The van der Waals surface area contributed by atoms with E-state index in [1.807, 2.05) is 0 Å². The van der Waals surface area contributed by atoms with Crippen LogP contribution in [0.15, 0.2) is 0 Å². The first-order valence-corrected chi connectivity index (χ1v) is 3.31. The molecule has 0 aromatic carbocycles. The van der Waals surface area contributed by atoms with Crippen molar-refractivity contribution in [2.45, 2.75) is 5.08 Å². The Morgan fingerprint density at radius 2 is 2.62 bits per heavy atom. The molecule has 5 heteroatoms. The third-order valence-corrected chi connectivity index (χ3v) is 2.09. The highest BCUT2D eigenvalue weighted by molar-refractivity contribution is 9.09. The Morgan fingerprint density at radius 1 is 2.00 bits per heavy atom. The summed E-state index contributed by atoms with van der Waals surface area (Å²) >= 11 is 8.57. The van der Waals surface area contributed by atoms with Crippen LogP contribution in [0.3, 0.4) is 0 Å². The molecule has 1 atom stereocenters. The molecule has 1 N–H and O–H groups in total. The first kappa shape index (κ1) is 6.32. The third kappa shape index (κ3) is 1.13. The number of nitrogens with one attached hydrogen (secondary N) is 1. The van der Waals surface area contributed by atoms with Crippen molar-refractivity contribution in [3.05, 3.63) is 0 Å². The topological polar surface area (TPSA) is 32.3 Å². The van der Waals surface area contributed by atoms with Crippen molar-refractivity contribution < 1.29 is 4.79 Å². The average Bonchev–Trinajstić information content (AvgIpc) is 1.85. The van der Waals surface area contributed by atoms with Crippen molar-refractivity contribution in [1.82, 2.24) is 9.74 Å². The number of carbonyl (C=O) groups is 1. The van der Waals surface area contributed by atoms with Crippen LogP contribution in [0.25, 0.3) is 0 Å². The molecule has 0 aliphatic carbocycles. The molecule has 8 heavy (non-hydrogen) atoms. The van der Waals surface area contributed by atoms with Gasteiger partial charge in [-0.05, 0) is 27.7 Å². The SMILES string of the molecule is O=C1CN(Cl)C(Br)N1. The molecule has 1 aliphatic heterocycles. The zero-order chi connectivity index (χ0) is 6.15. The van der Waals surface area contributed by atoms with Crippen molar-refractivity contribution in [3.63, 3.8) is 0 Å². The van der Waals surface area contributed by atoms with Crippen LogP contribution in [0.1, 0.15) is 0 Å². The summed E-state index contributed by atoms with van der Waals surface area (Å²) in [6.07, 6.45) is 0. The Labute approximate surface area is 60.2 Å². The smallest absolute Gasteiger partial charge is 0.237 e. The molecule has 1 rings (SSSR count). The average molecular weight is 199 g/mol. The summed E-state index contributed by atoms with van der Waals surface area (Å²) in [6.45, 7) is 0.261. The monoisotopic (exact) mass is 198 g/mol. The van der Waals surface area contributed by atoms with E-state index in [9.17, 15) is 4.79 Å². The largest absolute Gasteiger partial charge is 0.329 e. The van der Waals surface area contributed by atoms with Gasteiger partial charge in [0.05, 0.1) is 6.54 Å². The van der Waals surface area contributed by atoms with Gasteiger partial charge in [0.15, 0.2) is 5.08 Å². The zero-order valence-corrected chi connectivity index (χ0v) is 6.24. The Bertz CT molecular complexity index is 108. The van der Waals surface area contributed by atoms with Gasteiger partial charge in [0.1, 0.15) is 0 Å². The van der Waals surface area contributed by atoms with Crippen molar-refractivity contribution in [1.29, 1.82) is 0 Å². The molecule has 0 radical (unpaired) electrons. The van der Waals surface area contributed by atoms with Crippen LogP contribution < -0.4 is 5.32 Å². The summed E-state index contributed by atoms with van der Waals surface area (Å²) < 4.78 is 1.35. The third-order valence-electron chi connectivity index (χ3n) is 0.821. The number of amides is 1. The molecular formula is C3H4BrClN2O. The quantitative estimate of drug-likeness (QED) is 0.345. The molecule has 0 saturated carbocycles.